The smallest absolute Gasteiger partial charge is 0.233 e. The number of likely N-dealkylation sites (tertiary alicyclic amines) is 1. The first-order chi connectivity index (χ1) is 12.5. The minimum atomic E-state index is -0.651. The molecule has 1 aromatic carbocycles. The Hall–Kier alpha value is -2.28. The van der Waals surface area contributed by atoms with E-state index in [0.29, 0.717) is 18.8 Å². The van der Waals surface area contributed by atoms with Gasteiger partial charge in [-0.3, -0.25) is 4.79 Å². The van der Waals surface area contributed by atoms with Crippen molar-refractivity contribution < 1.29 is 14.3 Å². The van der Waals surface area contributed by atoms with E-state index < -0.39 is 11.5 Å². The van der Waals surface area contributed by atoms with Crippen molar-refractivity contribution in [1.82, 2.24) is 19.9 Å². The van der Waals surface area contributed by atoms with E-state index in [1.807, 2.05) is 4.90 Å². The molecule has 1 aromatic heterocycles. The Labute approximate surface area is 151 Å². The highest BCUT2D eigenvalue weighted by atomic mass is 19.1. The molecule has 1 saturated heterocycles. The van der Waals surface area contributed by atoms with E-state index in [2.05, 4.69) is 10.3 Å². The maximum Gasteiger partial charge on any atom is 0.233 e. The molecule has 4 rings (SSSR count). The van der Waals surface area contributed by atoms with Crippen LogP contribution in [0, 0.1) is 5.82 Å². The van der Waals surface area contributed by atoms with Gasteiger partial charge in [-0.25, -0.2) is 9.07 Å². The zero-order valence-electron chi connectivity index (χ0n) is 14.8. The van der Waals surface area contributed by atoms with E-state index in [1.165, 1.54) is 12.1 Å². The Kier molecular flexibility index (Phi) is 4.26. The fourth-order valence-corrected chi connectivity index (χ4v) is 4.12. The van der Waals surface area contributed by atoms with Crippen LogP contribution in [0.2, 0.25) is 0 Å². The number of benzene rings is 1. The number of hydrogen-bond donors (Lipinski definition) is 1. The summed E-state index contributed by atoms with van der Waals surface area (Å²) in [6.07, 6.45) is 4.74. The fraction of sp³-hybridized carbons (Fsp3) is 0.526. The molecular formula is C19H23FN4O2. The maximum atomic E-state index is 13.3. The molecule has 7 heteroatoms. The van der Waals surface area contributed by atoms with Crippen LogP contribution < -0.4 is 0 Å². The molecule has 1 atom stereocenters. The van der Waals surface area contributed by atoms with Crippen molar-refractivity contribution in [2.75, 3.05) is 13.1 Å². The first-order valence-corrected chi connectivity index (χ1v) is 9.15. The molecule has 0 spiro atoms. The van der Waals surface area contributed by atoms with E-state index >= 15 is 0 Å². The fourth-order valence-electron chi connectivity index (χ4n) is 4.12. The number of hydrogen-bond acceptors (Lipinski definition) is 4. The van der Waals surface area contributed by atoms with Crippen LogP contribution in [0.15, 0.2) is 30.5 Å². The van der Waals surface area contributed by atoms with E-state index in [-0.39, 0.29) is 17.8 Å². The Morgan fingerprint density at radius 2 is 1.92 bits per heavy atom. The Morgan fingerprint density at radius 3 is 2.50 bits per heavy atom. The van der Waals surface area contributed by atoms with Crippen molar-refractivity contribution in [3.8, 4) is 0 Å². The molecule has 6 nitrogen and oxygen atoms in total. The van der Waals surface area contributed by atoms with Gasteiger partial charge in [0.2, 0.25) is 5.91 Å². The zero-order chi connectivity index (χ0) is 18.3. The van der Waals surface area contributed by atoms with Gasteiger partial charge in [0.15, 0.2) is 0 Å². The Morgan fingerprint density at radius 1 is 1.27 bits per heavy atom. The van der Waals surface area contributed by atoms with Crippen LogP contribution >= 0.6 is 0 Å². The zero-order valence-corrected chi connectivity index (χ0v) is 14.8. The first-order valence-electron chi connectivity index (χ1n) is 9.15. The number of carbonyl (C=O) groups is 1. The van der Waals surface area contributed by atoms with Gasteiger partial charge in [0, 0.05) is 13.1 Å². The van der Waals surface area contributed by atoms with Crippen LogP contribution in [-0.4, -0.2) is 44.0 Å². The monoisotopic (exact) mass is 358 g/mol. The molecule has 2 fully saturated rings. The SMILES string of the molecule is C[C@@H](O)c1cn(C2CN(C(=O)C3(c4ccc(F)cc4)CCCC3)C2)nn1. The molecule has 1 N–H and O–H groups in total. The van der Waals surface area contributed by atoms with Gasteiger partial charge >= 0.3 is 0 Å². The van der Waals surface area contributed by atoms with Crippen molar-refractivity contribution in [1.29, 1.82) is 0 Å². The van der Waals surface area contributed by atoms with Gasteiger partial charge in [0.05, 0.1) is 23.8 Å². The molecular weight excluding hydrogens is 335 g/mol. The summed E-state index contributed by atoms with van der Waals surface area (Å²) >= 11 is 0. The van der Waals surface area contributed by atoms with Gasteiger partial charge < -0.3 is 10.0 Å². The van der Waals surface area contributed by atoms with Crippen molar-refractivity contribution in [3.63, 3.8) is 0 Å². The summed E-state index contributed by atoms with van der Waals surface area (Å²) in [6.45, 7) is 2.83. The summed E-state index contributed by atoms with van der Waals surface area (Å²) in [7, 11) is 0. The largest absolute Gasteiger partial charge is 0.387 e. The van der Waals surface area contributed by atoms with Crippen LogP contribution in [0.1, 0.15) is 56.0 Å². The van der Waals surface area contributed by atoms with E-state index in [4.69, 9.17) is 0 Å². The number of rotatable bonds is 4. The number of aliphatic hydroxyl groups excluding tert-OH is 1. The third-order valence-electron chi connectivity index (χ3n) is 5.74. The van der Waals surface area contributed by atoms with Crippen molar-refractivity contribution in [2.45, 2.75) is 50.2 Å². The number of aliphatic hydroxyl groups is 1. The van der Waals surface area contributed by atoms with Crippen molar-refractivity contribution in [2.24, 2.45) is 0 Å². The minimum absolute atomic E-state index is 0.0885. The standard InChI is InChI=1S/C19H23FN4O2/c1-13(25)17-12-24(22-21-17)16-10-23(11-16)18(26)19(8-2-3-9-19)14-4-6-15(20)7-5-14/h4-7,12-13,16,25H,2-3,8-11H2,1H3/t13-/m1/s1. The third kappa shape index (κ3) is 2.80. The molecule has 1 aliphatic carbocycles. The molecule has 2 aliphatic rings. The highest BCUT2D eigenvalue weighted by Crippen LogP contribution is 2.44. The number of nitrogens with zero attached hydrogens (tertiary/aromatic N) is 4. The van der Waals surface area contributed by atoms with Crippen LogP contribution in [0.5, 0.6) is 0 Å². The van der Waals surface area contributed by atoms with Gasteiger partial charge in [-0.1, -0.05) is 30.2 Å². The molecule has 1 saturated carbocycles. The van der Waals surface area contributed by atoms with Gasteiger partial charge in [-0.05, 0) is 37.5 Å². The minimum Gasteiger partial charge on any atom is -0.387 e. The number of aromatic nitrogens is 3. The second-order valence-electron chi connectivity index (χ2n) is 7.46. The lowest BCUT2D eigenvalue weighted by molar-refractivity contribution is -0.143. The van der Waals surface area contributed by atoms with E-state index in [9.17, 15) is 14.3 Å². The van der Waals surface area contributed by atoms with E-state index in [1.54, 1.807) is 29.9 Å². The number of amides is 1. The average Bonchev–Trinajstić information content (AvgIpc) is 3.24. The summed E-state index contributed by atoms with van der Waals surface area (Å²) in [5.74, 6) is -0.146. The Bertz CT molecular complexity index is 790. The summed E-state index contributed by atoms with van der Waals surface area (Å²) in [5.41, 5.74) is 0.932. The van der Waals surface area contributed by atoms with Crippen molar-refractivity contribution in [3.05, 3.63) is 47.5 Å². The maximum absolute atomic E-state index is 13.3. The van der Waals surface area contributed by atoms with Crippen molar-refractivity contribution >= 4 is 5.91 Å². The van der Waals surface area contributed by atoms with Crippen LogP contribution in [0.25, 0.3) is 0 Å². The highest BCUT2D eigenvalue weighted by Gasteiger charge is 2.48. The summed E-state index contributed by atoms with van der Waals surface area (Å²) in [6, 6.07) is 6.47. The molecule has 2 aromatic rings. The van der Waals surface area contributed by atoms with Crippen LogP contribution in [-0.2, 0) is 10.2 Å². The van der Waals surface area contributed by atoms with Gasteiger partial charge in [-0.2, -0.15) is 0 Å². The molecule has 138 valence electrons. The average molecular weight is 358 g/mol. The predicted molar refractivity (Wildman–Crippen MR) is 92.8 cm³/mol. The van der Waals surface area contributed by atoms with Crippen LogP contribution in [0.3, 0.4) is 0 Å². The van der Waals surface area contributed by atoms with Gasteiger partial charge in [0.25, 0.3) is 0 Å². The predicted octanol–water partition coefficient (Wildman–Crippen LogP) is 2.37. The highest BCUT2D eigenvalue weighted by molar-refractivity contribution is 5.89. The second kappa shape index (κ2) is 6.46. The molecule has 26 heavy (non-hydrogen) atoms. The van der Waals surface area contributed by atoms with Gasteiger partial charge in [0.1, 0.15) is 11.5 Å². The lowest BCUT2D eigenvalue weighted by Crippen LogP contribution is -2.56. The second-order valence-corrected chi connectivity index (χ2v) is 7.46. The summed E-state index contributed by atoms with van der Waals surface area (Å²) in [5, 5.41) is 17.6. The first kappa shape index (κ1) is 17.1. The van der Waals surface area contributed by atoms with E-state index in [0.717, 1.165) is 31.2 Å². The number of halogens is 1. The number of carbonyl (C=O) groups excluding carboxylic acids is 1. The normalized spacial score (nSPS) is 20.8. The summed E-state index contributed by atoms with van der Waals surface area (Å²) in [4.78, 5) is 15.1. The molecule has 2 heterocycles. The molecule has 0 unspecified atom stereocenters. The quantitative estimate of drug-likeness (QED) is 0.911. The molecule has 0 bridgehead atoms. The third-order valence-corrected chi connectivity index (χ3v) is 5.74. The molecule has 1 aliphatic heterocycles. The lowest BCUT2D eigenvalue weighted by Gasteiger charge is -2.44. The molecule has 0 radical (unpaired) electrons. The topological polar surface area (TPSA) is 71.2 Å². The molecule has 1 amide bonds. The van der Waals surface area contributed by atoms with Crippen LogP contribution in [0.4, 0.5) is 4.39 Å². The lowest BCUT2D eigenvalue weighted by atomic mass is 9.76. The Balaban J connectivity index is 1.49. The summed E-state index contributed by atoms with van der Waals surface area (Å²) < 4.78 is 15.0. The van der Waals surface area contributed by atoms with Gasteiger partial charge in [-0.15, -0.1) is 5.10 Å².